The highest BCUT2D eigenvalue weighted by Crippen LogP contribution is 2.21. The van der Waals surface area contributed by atoms with Crippen molar-refractivity contribution in [1.29, 1.82) is 0 Å². The molecule has 0 aromatic heterocycles. The second kappa shape index (κ2) is 6.99. The Morgan fingerprint density at radius 2 is 1.85 bits per heavy atom. The Morgan fingerprint density at radius 1 is 1.15 bits per heavy atom. The minimum atomic E-state index is -0.523. The van der Waals surface area contributed by atoms with Crippen LogP contribution in [0.2, 0.25) is 0 Å². The number of anilines is 1. The molecular weight excluding hydrogens is 260 g/mol. The van der Waals surface area contributed by atoms with Crippen LogP contribution in [0.15, 0.2) is 18.2 Å². The van der Waals surface area contributed by atoms with E-state index in [2.05, 4.69) is 24.1 Å². The molecule has 1 aromatic rings. The number of nitrogens with zero attached hydrogens (tertiary/aromatic N) is 2. The van der Waals surface area contributed by atoms with Gasteiger partial charge in [-0.2, -0.15) is 0 Å². The minimum absolute atomic E-state index is 0.472. The van der Waals surface area contributed by atoms with E-state index >= 15 is 0 Å². The Kier molecular flexibility index (Phi) is 5.31. The zero-order valence-corrected chi connectivity index (χ0v) is 12.2. The Balaban J connectivity index is 1.82. The number of hydrogen-bond donors (Lipinski definition) is 1. The normalized spacial score (nSPS) is 16.9. The van der Waals surface area contributed by atoms with E-state index in [0.717, 1.165) is 45.3 Å². The van der Waals surface area contributed by atoms with Crippen molar-refractivity contribution in [3.05, 3.63) is 29.8 Å². The molecule has 1 heterocycles. The molecule has 1 saturated heterocycles. The lowest BCUT2D eigenvalue weighted by Gasteiger charge is -2.36. The Morgan fingerprint density at radius 3 is 2.45 bits per heavy atom. The van der Waals surface area contributed by atoms with Crippen LogP contribution in [-0.2, 0) is 0 Å². The first-order valence-corrected chi connectivity index (χ1v) is 7.22. The minimum Gasteiger partial charge on any atom is -0.367 e. The monoisotopic (exact) mass is 283 g/mol. The maximum atomic E-state index is 13.7. The van der Waals surface area contributed by atoms with Crippen molar-refractivity contribution in [2.75, 3.05) is 44.2 Å². The average molecular weight is 283 g/mol. The van der Waals surface area contributed by atoms with Crippen molar-refractivity contribution < 1.29 is 8.78 Å². The predicted molar refractivity (Wildman–Crippen MR) is 78.1 cm³/mol. The summed E-state index contributed by atoms with van der Waals surface area (Å²) in [7, 11) is 0. The van der Waals surface area contributed by atoms with Gasteiger partial charge in [-0.25, -0.2) is 8.78 Å². The highest BCUT2D eigenvalue weighted by atomic mass is 19.1. The molecule has 5 heteroatoms. The smallest absolute Gasteiger partial charge is 0.149 e. The number of benzene rings is 1. The molecule has 2 rings (SSSR count). The van der Waals surface area contributed by atoms with Crippen LogP contribution in [0.4, 0.5) is 14.5 Å². The van der Waals surface area contributed by atoms with Crippen LogP contribution < -0.4 is 10.2 Å². The summed E-state index contributed by atoms with van der Waals surface area (Å²) in [6.45, 7) is 9.65. The third-order valence-corrected chi connectivity index (χ3v) is 3.60. The van der Waals surface area contributed by atoms with Gasteiger partial charge >= 0.3 is 0 Å². The summed E-state index contributed by atoms with van der Waals surface area (Å²) >= 11 is 0. The summed E-state index contributed by atoms with van der Waals surface area (Å²) in [4.78, 5) is 4.36. The maximum Gasteiger partial charge on any atom is 0.149 e. The van der Waals surface area contributed by atoms with Gasteiger partial charge < -0.3 is 10.2 Å². The number of nitrogens with one attached hydrogen (secondary N) is 1. The van der Waals surface area contributed by atoms with Gasteiger partial charge in [0.25, 0.3) is 0 Å². The van der Waals surface area contributed by atoms with Gasteiger partial charge in [0.1, 0.15) is 11.6 Å². The molecule has 1 fully saturated rings. The second-order valence-electron chi connectivity index (χ2n) is 5.53. The Labute approximate surface area is 119 Å². The summed E-state index contributed by atoms with van der Waals surface area (Å²) < 4.78 is 26.6. The van der Waals surface area contributed by atoms with E-state index in [0.29, 0.717) is 11.7 Å². The third-order valence-electron chi connectivity index (χ3n) is 3.60. The molecule has 20 heavy (non-hydrogen) atoms. The summed E-state index contributed by atoms with van der Waals surface area (Å²) in [6, 6.07) is 4.30. The lowest BCUT2D eigenvalue weighted by molar-refractivity contribution is 0.254. The fraction of sp³-hybridized carbons (Fsp3) is 0.600. The summed E-state index contributed by atoms with van der Waals surface area (Å²) in [6.07, 6.45) is 0. The molecule has 1 aliphatic heterocycles. The van der Waals surface area contributed by atoms with Gasteiger partial charge in [-0.1, -0.05) is 13.8 Å². The van der Waals surface area contributed by atoms with Crippen LogP contribution in [0.5, 0.6) is 0 Å². The van der Waals surface area contributed by atoms with E-state index in [4.69, 9.17) is 0 Å². The second-order valence-corrected chi connectivity index (χ2v) is 5.53. The lowest BCUT2D eigenvalue weighted by Crippen LogP contribution is -2.48. The van der Waals surface area contributed by atoms with E-state index in [9.17, 15) is 8.78 Å². The molecule has 1 N–H and O–H groups in total. The first kappa shape index (κ1) is 15.2. The van der Waals surface area contributed by atoms with E-state index in [-0.39, 0.29) is 0 Å². The van der Waals surface area contributed by atoms with Crippen molar-refractivity contribution in [3.8, 4) is 0 Å². The highest BCUT2D eigenvalue weighted by molar-refractivity contribution is 5.48. The average Bonchev–Trinajstić information content (AvgIpc) is 2.39. The van der Waals surface area contributed by atoms with Gasteiger partial charge in [0.05, 0.1) is 5.69 Å². The Hall–Kier alpha value is -1.20. The van der Waals surface area contributed by atoms with E-state index < -0.39 is 11.6 Å². The maximum absolute atomic E-state index is 13.7. The molecule has 0 radical (unpaired) electrons. The van der Waals surface area contributed by atoms with Gasteiger partial charge in [0.15, 0.2) is 0 Å². The highest BCUT2D eigenvalue weighted by Gasteiger charge is 2.19. The number of piperazine rings is 1. The molecule has 112 valence electrons. The standard InChI is InChI=1S/C15H23F2N3/c1-12(2)18-5-6-19-7-9-20(10-8-19)15-4-3-13(16)11-14(15)17/h3-4,11-12,18H,5-10H2,1-2H3. The van der Waals surface area contributed by atoms with Crippen molar-refractivity contribution in [1.82, 2.24) is 10.2 Å². The van der Waals surface area contributed by atoms with Crippen molar-refractivity contribution in [3.63, 3.8) is 0 Å². The molecular formula is C15H23F2N3. The molecule has 0 saturated carbocycles. The predicted octanol–water partition coefficient (Wildman–Crippen LogP) is 2.08. The van der Waals surface area contributed by atoms with Crippen molar-refractivity contribution in [2.24, 2.45) is 0 Å². The van der Waals surface area contributed by atoms with E-state index in [1.807, 2.05) is 4.90 Å². The topological polar surface area (TPSA) is 18.5 Å². The van der Waals surface area contributed by atoms with Crippen LogP contribution in [-0.4, -0.2) is 50.2 Å². The lowest BCUT2D eigenvalue weighted by atomic mass is 10.2. The van der Waals surface area contributed by atoms with Crippen LogP contribution in [0.3, 0.4) is 0 Å². The summed E-state index contributed by atoms with van der Waals surface area (Å²) in [5.74, 6) is -0.996. The number of halogens is 2. The molecule has 3 nitrogen and oxygen atoms in total. The summed E-state index contributed by atoms with van der Waals surface area (Å²) in [5.41, 5.74) is 0.506. The third kappa shape index (κ3) is 4.15. The first-order chi connectivity index (χ1) is 9.56. The largest absolute Gasteiger partial charge is 0.367 e. The zero-order valence-electron chi connectivity index (χ0n) is 12.2. The van der Waals surface area contributed by atoms with Crippen LogP contribution >= 0.6 is 0 Å². The molecule has 0 atom stereocenters. The molecule has 0 aliphatic carbocycles. The van der Waals surface area contributed by atoms with Crippen molar-refractivity contribution in [2.45, 2.75) is 19.9 Å². The first-order valence-electron chi connectivity index (χ1n) is 7.22. The fourth-order valence-electron chi connectivity index (χ4n) is 2.46. The van der Waals surface area contributed by atoms with Crippen LogP contribution in [0, 0.1) is 11.6 Å². The summed E-state index contributed by atoms with van der Waals surface area (Å²) in [5, 5.41) is 3.39. The van der Waals surface area contributed by atoms with Gasteiger partial charge in [-0.15, -0.1) is 0 Å². The molecule has 0 unspecified atom stereocenters. The molecule has 1 aromatic carbocycles. The van der Waals surface area contributed by atoms with Crippen LogP contribution in [0.25, 0.3) is 0 Å². The Bertz CT molecular complexity index is 429. The van der Waals surface area contributed by atoms with E-state index in [1.54, 1.807) is 0 Å². The molecule has 0 spiro atoms. The van der Waals surface area contributed by atoms with E-state index in [1.165, 1.54) is 12.1 Å². The van der Waals surface area contributed by atoms with Gasteiger partial charge in [0.2, 0.25) is 0 Å². The van der Waals surface area contributed by atoms with Crippen LogP contribution in [0.1, 0.15) is 13.8 Å². The molecule has 0 bridgehead atoms. The zero-order chi connectivity index (χ0) is 14.5. The molecule has 0 amide bonds. The van der Waals surface area contributed by atoms with Gasteiger partial charge in [-0.05, 0) is 12.1 Å². The number of hydrogen-bond acceptors (Lipinski definition) is 3. The molecule has 1 aliphatic rings. The van der Waals surface area contributed by atoms with Gasteiger partial charge in [0, 0.05) is 51.4 Å². The SMILES string of the molecule is CC(C)NCCN1CCN(c2ccc(F)cc2F)CC1. The fourth-order valence-corrected chi connectivity index (χ4v) is 2.46. The van der Waals surface area contributed by atoms with Gasteiger partial charge in [-0.3, -0.25) is 4.90 Å². The quantitative estimate of drug-likeness (QED) is 0.892. The van der Waals surface area contributed by atoms with Crippen molar-refractivity contribution >= 4 is 5.69 Å². The number of rotatable bonds is 5.